The van der Waals surface area contributed by atoms with Crippen molar-refractivity contribution in [2.45, 2.75) is 26.0 Å². The van der Waals surface area contributed by atoms with E-state index in [2.05, 4.69) is 11.2 Å². The maximum atomic E-state index is 13.2. The van der Waals surface area contributed by atoms with Gasteiger partial charge in [0.25, 0.3) is 5.91 Å². The van der Waals surface area contributed by atoms with E-state index in [1.165, 1.54) is 18.2 Å². The maximum absolute atomic E-state index is 13.2. The van der Waals surface area contributed by atoms with E-state index in [0.717, 1.165) is 0 Å². The normalized spacial score (nSPS) is 13.2. The van der Waals surface area contributed by atoms with Crippen molar-refractivity contribution in [1.82, 2.24) is 5.32 Å². The van der Waals surface area contributed by atoms with Crippen LogP contribution in [0.2, 0.25) is 0 Å². The van der Waals surface area contributed by atoms with E-state index >= 15 is 0 Å². The number of ether oxygens (including phenoxy) is 1. The van der Waals surface area contributed by atoms with Gasteiger partial charge >= 0.3 is 0 Å². The third-order valence-electron chi connectivity index (χ3n) is 2.50. The van der Waals surface area contributed by atoms with Crippen LogP contribution >= 0.6 is 0 Å². The van der Waals surface area contributed by atoms with Crippen molar-refractivity contribution in [3.63, 3.8) is 0 Å². The predicted molar refractivity (Wildman–Crippen MR) is 70.9 cm³/mol. The molecule has 102 valence electrons. The Kier molecular flexibility index (Phi) is 5.34. The lowest BCUT2D eigenvalue weighted by molar-refractivity contribution is -0.127. The molecule has 0 aliphatic carbocycles. The van der Waals surface area contributed by atoms with Gasteiger partial charge in [0.2, 0.25) is 0 Å². The van der Waals surface area contributed by atoms with E-state index in [4.69, 9.17) is 16.9 Å². The summed E-state index contributed by atoms with van der Waals surface area (Å²) in [5, 5.41) is 2.51. The van der Waals surface area contributed by atoms with Crippen LogP contribution in [-0.4, -0.2) is 18.6 Å². The molecule has 0 fully saturated rings. The third kappa shape index (κ3) is 4.27. The van der Waals surface area contributed by atoms with E-state index in [1.54, 1.807) is 13.8 Å². The number of carbonyl (C=O) groups excluding carboxylic acids is 1. The van der Waals surface area contributed by atoms with E-state index in [9.17, 15) is 9.18 Å². The van der Waals surface area contributed by atoms with Crippen molar-refractivity contribution >= 4 is 5.91 Å². The second-order valence-electron chi connectivity index (χ2n) is 4.15. The van der Waals surface area contributed by atoms with Gasteiger partial charge in [0.1, 0.15) is 11.6 Å². The summed E-state index contributed by atoms with van der Waals surface area (Å²) >= 11 is 0. The van der Waals surface area contributed by atoms with Gasteiger partial charge in [0.05, 0.1) is 6.54 Å². The van der Waals surface area contributed by atoms with Gasteiger partial charge in [-0.1, -0.05) is 5.92 Å². The van der Waals surface area contributed by atoms with Crippen molar-refractivity contribution in [3.8, 4) is 18.1 Å². The van der Waals surface area contributed by atoms with E-state index in [0.29, 0.717) is 11.3 Å². The number of benzene rings is 1. The van der Waals surface area contributed by atoms with Gasteiger partial charge in [-0.2, -0.15) is 0 Å². The summed E-state index contributed by atoms with van der Waals surface area (Å²) in [5.41, 5.74) is 6.25. The zero-order valence-electron chi connectivity index (χ0n) is 10.9. The summed E-state index contributed by atoms with van der Waals surface area (Å²) in [7, 11) is 0. The SMILES string of the molecule is C#CCNC(=O)C(C)Oc1ccc(F)cc1[C@H](C)N. The zero-order chi connectivity index (χ0) is 14.4. The molecule has 4 nitrogen and oxygen atoms in total. The average Bonchev–Trinajstić information content (AvgIpc) is 2.37. The summed E-state index contributed by atoms with van der Waals surface area (Å²) in [4.78, 5) is 11.6. The molecule has 5 heteroatoms. The van der Waals surface area contributed by atoms with Gasteiger partial charge in [-0.3, -0.25) is 4.79 Å². The Morgan fingerprint density at radius 3 is 2.84 bits per heavy atom. The Labute approximate surface area is 112 Å². The Hall–Kier alpha value is -2.06. The third-order valence-corrected chi connectivity index (χ3v) is 2.50. The standard InChI is InChI=1S/C14H17FN2O2/c1-4-7-17-14(18)10(3)19-13-6-5-11(15)8-12(13)9(2)16/h1,5-6,8-10H,7,16H2,2-3H3,(H,17,18)/t9-,10?/m0/s1. The van der Waals surface area contributed by atoms with Crippen LogP contribution < -0.4 is 15.8 Å². The largest absolute Gasteiger partial charge is 0.481 e. The van der Waals surface area contributed by atoms with Crippen molar-refractivity contribution in [1.29, 1.82) is 0 Å². The molecule has 1 aromatic carbocycles. The zero-order valence-corrected chi connectivity index (χ0v) is 10.9. The number of terminal acetylenes is 1. The highest BCUT2D eigenvalue weighted by Gasteiger charge is 2.17. The van der Waals surface area contributed by atoms with Crippen LogP contribution in [0.15, 0.2) is 18.2 Å². The molecule has 3 N–H and O–H groups in total. The van der Waals surface area contributed by atoms with E-state index < -0.39 is 18.0 Å². The quantitative estimate of drug-likeness (QED) is 0.789. The number of carbonyl (C=O) groups is 1. The molecule has 0 saturated carbocycles. The Bertz CT molecular complexity index is 495. The molecule has 0 saturated heterocycles. The molecule has 1 amide bonds. The van der Waals surface area contributed by atoms with Crippen LogP contribution in [0, 0.1) is 18.2 Å². The molecule has 1 rings (SSSR count). The Morgan fingerprint density at radius 2 is 2.26 bits per heavy atom. The minimum atomic E-state index is -0.740. The second kappa shape index (κ2) is 6.76. The number of nitrogens with two attached hydrogens (primary N) is 1. The molecule has 0 radical (unpaired) electrons. The van der Waals surface area contributed by atoms with Gasteiger partial charge in [0, 0.05) is 11.6 Å². The fraction of sp³-hybridized carbons (Fsp3) is 0.357. The molecule has 0 heterocycles. The molecule has 1 aromatic rings. The van der Waals surface area contributed by atoms with Crippen LogP contribution in [-0.2, 0) is 4.79 Å². The van der Waals surface area contributed by atoms with Crippen LogP contribution in [0.4, 0.5) is 4.39 Å². The van der Waals surface area contributed by atoms with Crippen molar-refractivity contribution in [3.05, 3.63) is 29.6 Å². The van der Waals surface area contributed by atoms with Crippen molar-refractivity contribution in [2.24, 2.45) is 5.73 Å². The Balaban J connectivity index is 2.82. The molecule has 0 aliphatic rings. The summed E-state index contributed by atoms with van der Waals surface area (Å²) in [5.74, 6) is 1.95. The first-order valence-corrected chi connectivity index (χ1v) is 5.88. The molecule has 0 aliphatic heterocycles. The number of amides is 1. The minimum absolute atomic E-state index is 0.135. The van der Waals surface area contributed by atoms with Crippen molar-refractivity contribution in [2.75, 3.05) is 6.54 Å². The summed E-state index contributed by atoms with van der Waals surface area (Å²) in [6.45, 7) is 3.43. The number of hydrogen-bond donors (Lipinski definition) is 2. The minimum Gasteiger partial charge on any atom is -0.481 e. The highest BCUT2D eigenvalue weighted by molar-refractivity contribution is 5.80. The molecular weight excluding hydrogens is 247 g/mol. The van der Waals surface area contributed by atoms with Gasteiger partial charge in [-0.05, 0) is 32.0 Å². The van der Waals surface area contributed by atoms with Crippen LogP contribution in [0.5, 0.6) is 5.75 Å². The first kappa shape index (κ1) is 15.0. The second-order valence-corrected chi connectivity index (χ2v) is 4.15. The van der Waals surface area contributed by atoms with Gasteiger partial charge in [-0.15, -0.1) is 6.42 Å². The first-order chi connectivity index (χ1) is 8.95. The van der Waals surface area contributed by atoms with Gasteiger partial charge < -0.3 is 15.8 Å². The molecular formula is C14H17FN2O2. The van der Waals surface area contributed by atoms with Crippen LogP contribution in [0.1, 0.15) is 25.5 Å². The fourth-order valence-electron chi connectivity index (χ4n) is 1.51. The van der Waals surface area contributed by atoms with E-state index in [1.807, 2.05) is 0 Å². The highest BCUT2D eigenvalue weighted by Crippen LogP contribution is 2.25. The van der Waals surface area contributed by atoms with E-state index in [-0.39, 0.29) is 12.5 Å². The first-order valence-electron chi connectivity index (χ1n) is 5.88. The monoisotopic (exact) mass is 264 g/mol. The topological polar surface area (TPSA) is 64.3 Å². The van der Waals surface area contributed by atoms with Crippen LogP contribution in [0.3, 0.4) is 0 Å². The Morgan fingerprint density at radius 1 is 1.58 bits per heavy atom. The molecule has 19 heavy (non-hydrogen) atoms. The number of nitrogens with one attached hydrogen (secondary N) is 1. The molecule has 2 atom stereocenters. The average molecular weight is 264 g/mol. The molecule has 0 spiro atoms. The highest BCUT2D eigenvalue weighted by atomic mass is 19.1. The smallest absolute Gasteiger partial charge is 0.261 e. The summed E-state index contributed by atoms with van der Waals surface area (Å²) in [6.07, 6.45) is 4.31. The summed E-state index contributed by atoms with van der Waals surface area (Å²) < 4.78 is 18.7. The van der Waals surface area contributed by atoms with Crippen LogP contribution in [0.25, 0.3) is 0 Å². The maximum Gasteiger partial charge on any atom is 0.261 e. The summed E-state index contributed by atoms with van der Waals surface area (Å²) in [6, 6.07) is 3.62. The van der Waals surface area contributed by atoms with Gasteiger partial charge in [-0.25, -0.2) is 4.39 Å². The number of halogens is 1. The lowest BCUT2D eigenvalue weighted by Crippen LogP contribution is -2.36. The van der Waals surface area contributed by atoms with Gasteiger partial charge in [0.15, 0.2) is 6.10 Å². The molecule has 0 bridgehead atoms. The predicted octanol–water partition coefficient (Wildman–Crippen LogP) is 1.36. The fourth-order valence-corrected chi connectivity index (χ4v) is 1.51. The number of hydrogen-bond acceptors (Lipinski definition) is 3. The molecule has 0 aromatic heterocycles. The lowest BCUT2D eigenvalue weighted by atomic mass is 10.1. The molecule has 1 unspecified atom stereocenters. The number of rotatable bonds is 5. The van der Waals surface area contributed by atoms with Crippen molar-refractivity contribution < 1.29 is 13.9 Å². The lowest BCUT2D eigenvalue weighted by Gasteiger charge is -2.18.